The Bertz CT molecular complexity index is 429. The minimum Gasteiger partial charge on any atom is -0.481 e. The van der Waals surface area contributed by atoms with Crippen LogP contribution in [0.5, 0.6) is 0 Å². The van der Waals surface area contributed by atoms with Crippen LogP contribution in [0.4, 0.5) is 0 Å². The molecule has 1 aromatic heterocycles. The second-order valence-corrected chi connectivity index (χ2v) is 3.81. The monoisotopic (exact) mass is 248 g/mol. The number of carbonyl (C=O) groups excluding carboxylic acids is 1. The number of carboxylic acids is 1. The molecule has 0 fully saturated rings. The number of aliphatic carboxylic acids is 1. The highest BCUT2D eigenvalue weighted by Gasteiger charge is 2.14. The first kappa shape index (κ1) is 13.9. The standard InChI is InChI=1S/C13H16N2O3/c1-2-11(13(17)18)9-15-12(16)6-5-10-4-3-7-14-8-10/h3-8,11H,2,9H2,1H3,(H,15,16)(H,17,18). The van der Waals surface area contributed by atoms with Gasteiger partial charge in [0.1, 0.15) is 0 Å². The van der Waals surface area contributed by atoms with E-state index in [0.29, 0.717) is 6.42 Å². The summed E-state index contributed by atoms with van der Waals surface area (Å²) in [6.07, 6.45) is 6.77. The molecule has 0 aromatic carbocycles. The molecule has 1 rings (SSSR count). The van der Waals surface area contributed by atoms with E-state index in [2.05, 4.69) is 10.3 Å². The number of nitrogens with zero attached hydrogens (tertiary/aromatic N) is 1. The predicted octanol–water partition coefficient (Wildman–Crippen LogP) is 1.32. The fourth-order valence-electron chi connectivity index (χ4n) is 1.34. The van der Waals surface area contributed by atoms with E-state index in [1.807, 2.05) is 6.07 Å². The van der Waals surface area contributed by atoms with E-state index < -0.39 is 11.9 Å². The first-order valence-corrected chi connectivity index (χ1v) is 5.72. The largest absolute Gasteiger partial charge is 0.481 e. The number of carboxylic acid groups (broad SMARTS) is 1. The highest BCUT2D eigenvalue weighted by molar-refractivity contribution is 5.91. The molecule has 1 heterocycles. The Morgan fingerprint density at radius 3 is 2.89 bits per heavy atom. The average molecular weight is 248 g/mol. The molecule has 18 heavy (non-hydrogen) atoms. The van der Waals surface area contributed by atoms with Gasteiger partial charge in [-0.3, -0.25) is 14.6 Å². The van der Waals surface area contributed by atoms with Crippen LogP contribution in [-0.2, 0) is 9.59 Å². The maximum Gasteiger partial charge on any atom is 0.308 e. The van der Waals surface area contributed by atoms with Crippen molar-refractivity contribution in [3.8, 4) is 0 Å². The van der Waals surface area contributed by atoms with Crippen molar-refractivity contribution in [1.82, 2.24) is 10.3 Å². The molecule has 0 aliphatic rings. The highest BCUT2D eigenvalue weighted by Crippen LogP contribution is 2.01. The Morgan fingerprint density at radius 2 is 2.33 bits per heavy atom. The lowest BCUT2D eigenvalue weighted by Gasteiger charge is -2.09. The first-order chi connectivity index (χ1) is 8.63. The van der Waals surface area contributed by atoms with Crippen molar-refractivity contribution in [2.45, 2.75) is 13.3 Å². The van der Waals surface area contributed by atoms with Crippen LogP contribution in [-0.4, -0.2) is 28.5 Å². The Morgan fingerprint density at radius 1 is 1.56 bits per heavy atom. The zero-order valence-electron chi connectivity index (χ0n) is 10.2. The number of hydrogen-bond donors (Lipinski definition) is 2. The molecule has 0 radical (unpaired) electrons. The van der Waals surface area contributed by atoms with Gasteiger partial charge in [0.2, 0.25) is 5.91 Å². The van der Waals surface area contributed by atoms with E-state index in [0.717, 1.165) is 5.56 Å². The van der Waals surface area contributed by atoms with E-state index in [1.165, 1.54) is 6.08 Å². The number of carbonyl (C=O) groups is 2. The first-order valence-electron chi connectivity index (χ1n) is 5.72. The predicted molar refractivity (Wildman–Crippen MR) is 67.7 cm³/mol. The van der Waals surface area contributed by atoms with Gasteiger partial charge in [0.05, 0.1) is 5.92 Å². The summed E-state index contributed by atoms with van der Waals surface area (Å²) in [6.45, 7) is 1.92. The lowest BCUT2D eigenvalue weighted by atomic mass is 10.1. The van der Waals surface area contributed by atoms with Crippen molar-refractivity contribution < 1.29 is 14.7 Å². The maximum atomic E-state index is 11.4. The summed E-state index contributed by atoms with van der Waals surface area (Å²) in [6, 6.07) is 3.60. The van der Waals surface area contributed by atoms with Crippen LogP contribution in [0.1, 0.15) is 18.9 Å². The van der Waals surface area contributed by atoms with E-state index >= 15 is 0 Å². The summed E-state index contributed by atoms with van der Waals surface area (Å²) in [5, 5.41) is 11.4. The fraction of sp³-hybridized carbons (Fsp3) is 0.308. The zero-order chi connectivity index (χ0) is 13.4. The Kier molecular flexibility index (Phi) is 5.57. The molecule has 0 saturated heterocycles. The summed E-state index contributed by atoms with van der Waals surface area (Å²) in [5.41, 5.74) is 0.818. The molecule has 1 aromatic rings. The number of nitrogens with one attached hydrogen (secondary N) is 1. The topological polar surface area (TPSA) is 79.3 Å². The molecular weight excluding hydrogens is 232 g/mol. The summed E-state index contributed by atoms with van der Waals surface area (Å²) < 4.78 is 0. The van der Waals surface area contributed by atoms with Crippen LogP contribution < -0.4 is 5.32 Å². The third-order valence-corrected chi connectivity index (χ3v) is 2.48. The van der Waals surface area contributed by atoms with Gasteiger partial charge in [-0.25, -0.2) is 0 Å². The molecule has 0 bridgehead atoms. The smallest absolute Gasteiger partial charge is 0.308 e. The minimum absolute atomic E-state index is 0.141. The van der Waals surface area contributed by atoms with Gasteiger partial charge in [0.15, 0.2) is 0 Å². The van der Waals surface area contributed by atoms with Gasteiger partial charge in [-0.2, -0.15) is 0 Å². The van der Waals surface area contributed by atoms with Crippen LogP contribution in [0.2, 0.25) is 0 Å². The molecule has 1 amide bonds. The molecule has 0 spiro atoms. The van der Waals surface area contributed by atoms with Gasteiger partial charge in [-0.1, -0.05) is 13.0 Å². The van der Waals surface area contributed by atoms with Gasteiger partial charge in [-0.05, 0) is 24.1 Å². The second-order valence-electron chi connectivity index (χ2n) is 3.81. The van der Waals surface area contributed by atoms with Crippen molar-refractivity contribution in [3.63, 3.8) is 0 Å². The number of hydrogen-bond acceptors (Lipinski definition) is 3. The van der Waals surface area contributed by atoms with Crippen LogP contribution in [0.25, 0.3) is 6.08 Å². The molecule has 2 N–H and O–H groups in total. The fourth-order valence-corrected chi connectivity index (χ4v) is 1.34. The normalized spacial score (nSPS) is 12.3. The van der Waals surface area contributed by atoms with Crippen LogP contribution >= 0.6 is 0 Å². The molecule has 0 saturated carbocycles. The summed E-state index contributed by atoms with van der Waals surface area (Å²) >= 11 is 0. The summed E-state index contributed by atoms with van der Waals surface area (Å²) in [4.78, 5) is 26.1. The molecular formula is C13H16N2O3. The van der Waals surface area contributed by atoms with Gasteiger partial charge in [0, 0.05) is 25.0 Å². The van der Waals surface area contributed by atoms with Crippen molar-refractivity contribution >= 4 is 18.0 Å². The van der Waals surface area contributed by atoms with E-state index in [1.54, 1.807) is 31.5 Å². The number of aromatic nitrogens is 1. The molecule has 1 unspecified atom stereocenters. The number of rotatable bonds is 6. The SMILES string of the molecule is CCC(CNC(=O)C=Cc1cccnc1)C(=O)O. The van der Waals surface area contributed by atoms with E-state index in [-0.39, 0.29) is 12.5 Å². The molecule has 0 aliphatic carbocycles. The van der Waals surface area contributed by atoms with Gasteiger partial charge in [0.25, 0.3) is 0 Å². The van der Waals surface area contributed by atoms with Crippen LogP contribution in [0.15, 0.2) is 30.6 Å². The molecule has 5 nitrogen and oxygen atoms in total. The van der Waals surface area contributed by atoms with Crippen molar-refractivity contribution in [2.75, 3.05) is 6.54 Å². The summed E-state index contributed by atoms with van der Waals surface area (Å²) in [5.74, 6) is -1.74. The van der Waals surface area contributed by atoms with Crippen molar-refractivity contribution in [3.05, 3.63) is 36.2 Å². The Labute approximate surface area is 106 Å². The zero-order valence-corrected chi connectivity index (χ0v) is 10.2. The quantitative estimate of drug-likeness (QED) is 0.744. The second kappa shape index (κ2) is 7.21. The van der Waals surface area contributed by atoms with Crippen molar-refractivity contribution in [2.24, 2.45) is 5.92 Å². The number of pyridine rings is 1. The van der Waals surface area contributed by atoms with Crippen LogP contribution in [0.3, 0.4) is 0 Å². The average Bonchev–Trinajstić information content (AvgIpc) is 2.38. The number of amides is 1. The van der Waals surface area contributed by atoms with E-state index in [4.69, 9.17) is 5.11 Å². The van der Waals surface area contributed by atoms with Crippen LogP contribution in [0, 0.1) is 5.92 Å². The van der Waals surface area contributed by atoms with Gasteiger partial charge >= 0.3 is 5.97 Å². The summed E-state index contributed by atoms with van der Waals surface area (Å²) in [7, 11) is 0. The third-order valence-electron chi connectivity index (χ3n) is 2.48. The molecule has 5 heteroatoms. The van der Waals surface area contributed by atoms with Gasteiger partial charge < -0.3 is 10.4 Å². The third kappa shape index (κ3) is 4.78. The maximum absolute atomic E-state index is 11.4. The Balaban J connectivity index is 2.43. The lowest BCUT2D eigenvalue weighted by molar-refractivity contribution is -0.141. The molecule has 0 aliphatic heterocycles. The van der Waals surface area contributed by atoms with Gasteiger partial charge in [-0.15, -0.1) is 0 Å². The highest BCUT2D eigenvalue weighted by atomic mass is 16.4. The van der Waals surface area contributed by atoms with E-state index in [9.17, 15) is 9.59 Å². The van der Waals surface area contributed by atoms with Crippen molar-refractivity contribution in [1.29, 1.82) is 0 Å². The molecule has 1 atom stereocenters. The Hall–Kier alpha value is -2.17. The minimum atomic E-state index is -0.894. The lowest BCUT2D eigenvalue weighted by Crippen LogP contribution is -2.31. The molecule has 96 valence electrons.